The van der Waals surface area contributed by atoms with Gasteiger partial charge in [-0.05, 0) is 104 Å². The number of phosphoric ester groups is 1. The van der Waals surface area contributed by atoms with Crippen molar-refractivity contribution in [3.05, 3.63) is 97.2 Å². The van der Waals surface area contributed by atoms with Crippen LogP contribution in [0.15, 0.2) is 97.2 Å². The minimum absolute atomic E-state index is 0.0138. The van der Waals surface area contributed by atoms with Gasteiger partial charge in [0, 0.05) is 19.4 Å². The monoisotopic (exact) mass is 844 g/mol. The first-order chi connectivity index (χ1) is 28.7. The fourth-order valence-electron chi connectivity index (χ4n) is 5.38. The molecule has 0 saturated carbocycles. The van der Waals surface area contributed by atoms with Crippen molar-refractivity contribution >= 4 is 19.8 Å². The summed E-state index contributed by atoms with van der Waals surface area (Å²) < 4.78 is 33.4. The molecule has 0 aliphatic carbocycles. The lowest BCUT2D eigenvalue weighted by Gasteiger charge is -2.20. The normalized spacial score (nSPS) is 14.3. The van der Waals surface area contributed by atoms with Crippen LogP contribution in [0.1, 0.15) is 155 Å². The lowest BCUT2D eigenvalue weighted by molar-refractivity contribution is -0.161. The fraction of sp³-hybridized carbons (Fsp3) is 0.633. The molecule has 1 N–H and O–H groups in total. The molecule has 0 rings (SSSR count). The Bertz CT molecular complexity index is 1300. The van der Waals surface area contributed by atoms with Crippen molar-refractivity contribution in [1.29, 1.82) is 0 Å². The highest BCUT2D eigenvalue weighted by molar-refractivity contribution is 7.47. The molecule has 0 aliphatic rings. The average Bonchev–Trinajstić information content (AvgIpc) is 3.20. The number of rotatable bonds is 40. The molecule has 0 radical (unpaired) electrons. The van der Waals surface area contributed by atoms with Crippen LogP contribution in [-0.2, 0) is 32.7 Å². The summed E-state index contributed by atoms with van der Waals surface area (Å²) in [6.45, 7) is 4.13. The molecule has 0 fully saturated rings. The molecular weight excluding hydrogens is 762 g/mol. The Morgan fingerprint density at radius 2 is 0.949 bits per heavy atom. The topological polar surface area (TPSA) is 112 Å². The van der Waals surface area contributed by atoms with Crippen molar-refractivity contribution in [2.45, 2.75) is 161 Å². The summed E-state index contributed by atoms with van der Waals surface area (Å²) >= 11 is 0. The SMILES string of the molecule is CCCCC/C=C\C/C=C\C/C=C\C/C=C\C/C=C\CCC(=O)OCC(COP(=O)(O)OCCN(C)C)OC(=O)CCCCCC/C=C\C/C=C\C/C=C\CCCCC. The summed E-state index contributed by atoms with van der Waals surface area (Å²) in [5, 5.41) is 0. The Kier molecular flexibility index (Phi) is 40.8. The molecule has 2 atom stereocenters. The van der Waals surface area contributed by atoms with Gasteiger partial charge in [-0.1, -0.05) is 150 Å². The summed E-state index contributed by atoms with van der Waals surface area (Å²) in [5.74, 6) is -0.934. The zero-order valence-electron chi connectivity index (χ0n) is 37.4. The van der Waals surface area contributed by atoms with Gasteiger partial charge in [-0.25, -0.2) is 4.57 Å². The van der Waals surface area contributed by atoms with Crippen LogP contribution in [0, 0.1) is 0 Å². The van der Waals surface area contributed by atoms with Crippen molar-refractivity contribution in [2.75, 3.05) is 40.5 Å². The van der Waals surface area contributed by atoms with E-state index >= 15 is 0 Å². The molecule has 0 amide bonds. The second kappa shape index (κ2) is 43.0. The number of nitrogens with zero attached hydrogens (tertiary/aromatic N) is 1. The van der Waals surface area contributed by atoms with Crippen LogP contribution < -0.4 is 0 Å². The third kappa shape index (κ3) is 44.3. The number of carbonyl (C=O) groups excluding carboxylic acids is 2. The number of unbranched alkanes of at least 4 members (excludes halogenated alkanes) is 10. The number of allylic oxidation sites excluding steroid dienone is 16. The molecule has 0 aromatic rings. The molecule has 9 nitrogen and oxygen atoms in total. The van der Waals surface area contributed by atoms with E-state index in [0.29, 0.717) is 19.4 Å². The Morgan fingerprint density at radius 1 is 0.525 bits per heavy atom. The third-order valence-corrected chi connectivity index (χ3v) is 9.86. The smallest absolute Gasteiger partial charge is 0.462 e. The molecule has 0 heterocycles. The highest BCUT2D eigenvalue weighted by Crippen LogP contribution is 2.43. The molecule has 0 aromatic carbocycles. The molecular formula is C49H82NO8P. The maximum Gasteiger partial charge on any atom is 0.472 e. The molecule has 0 aromatic heterocycles. The number of esters is 2. The van der Waals surface area contributed by atoms with E-state index in [0.717, 1.165) is 64.2 Å². The minimum atomic E-state index is -4.39. The van der Waals surface area contributed by atoms with E-state index in [9.17, 15) is 19.0 Å². The van der Waals surface area contributed by atoms with Gasteiger partial charge in [0.25, 0.3) is 0 Å². The third-order valence-electron chi connectivity index (χ3n) is 8.88. The van der Waals surface area contributed by atoms with Gasteiger partial charge in [0.1, 0.15) is 6.61 Å². The second-order valence-electron chi connectivity index (χ2n) is 14.9. The summed E-state index contributed by atoms with van der Waals surface area (Å²) in [6.07, 6.45) is 54.6. The lowest BCUT2D eigenvalue weighted by Crippen LogP contribution is -2.29. The Labute approximate surface area is 360 Å². The molecule has 0 spiro atoms. The summed E-state index contributed by atoms with van der Waals surface area (Å²) in [6, 6.07) is 0. The largest absolute Gasteiger partial charge is 0.472 e. The molecule has 0 saturated heterocycles. The number of phosphoric acid groups is 1. The zero-order chi connectivity index (χ0) is 43.3. The maximum atomic E-state index is 12.7. The van der Waals surface area contributed by atoms with Crippen LogP contribution in [0.3, 0.4) is 0 Å². The van der Waals surface area contributed by atoms with Crippen LogP contribution in [0.4, 0.5) is 0 Å². The van der Waals surface area contributed by atoms with Gasteiger partial charge in [-0.15, -0.1) is 0 Å². The number of likely N-dealkylation sites (N-methyl/N-ethyl adjacent to an activating group) is 1. The van der Waals surface area contributed by atoms with Crippen LogP contribution in [0.5, 0.6) is 0 Å². The van der Waals surface area contributed by atoms with E-state index in [4.69, 9.17) is 18.5 Å². The van der Waals surface area contributed by atoms with Crippen molar-refractivity contribution in [1.82, 2.24) is 4.90 Å². The van der Waals surface area contributed by atoms with E-state index in [1.807, 2.05) is 26.2 Å². The highest BCUT2D eigenvalue weighted by Gasteiger charge is 2.26. The molecule has 59 heavy (non-hydrogen) atoms. The van der Waals surface area contributed by atoms with Crippen LogP contribution >= 0.6 is 7.82 Å². The zero-order valence-corrected chi connectivity index (χ0v) is 38.3. The predicted molar refractivity (Wildman–Crippen MR) is 247 cm³/mol. The Morgan fingerprint density at radius 3 is 1.41 bits per heavy atom. The van der Waals surface area contributed by atoms with E-state index in [1.165, 1.54) is 51.4 Å². The number of ether oxygens (including phenoxy) is 2. The lowest BCUT2D eigenvalue weighted by atomic mass is 10.1. The molecule has 0 bridgehead atoms. The summed E-state index contributed by atoms with van der Waals surface area (Å²) in [4.78, 5) is 37.0. The summed E-state index contributed by atoms with van der Waals surface area (Å²) in [5.41, 5.74) is 0. The van der Waals surface area contributed by atoms with Gasteiger partial charge >= 0.3 is 19.8 Å². The van der Waals surface area contributed by atoms with Gasteiger partial charge in [0.05, 0.1) is 13.2 Å². The molecule has 336 valence electrons. The maximum absolute atomic E-state index is 12.7. The van der Waals surface area contributed by atoms with E-state index in [-0.39, 0.29) is 26.1 Å². The van der Waals surface area contributed by atoms with Crippen molar-refractivity contribution < 1.29 is 37.6 Å². The number of hydrogen-bond donors (Lipinski definition) is 1. The second-order valence-corrected chi connectivity index (χ2v) is 16.3. The van der Waals surface area contributed by atoms with E-state index < -0.39 is 32.5 Å². The van der Waals surface area contributed by atoms with Gasteiger partial charge in [0.15, 0.2) is 6.10 Å². The quantitative estimate of drug-likeness (QED) is 0.0279. The van der Waals surface area contributed by atoms with Crippen molar-refractivity contribution in [3.8, 4) is 0 Å². The number of hydrogen-bond acceptors (Lipinski definition) is 8. The van der Waals surface area contributed by atoms with Crippen molar-refractivity contribution in [3.63, 3.8) is 0 Å². The van der Waals surface area contributed by atoms with Crippen LogP contribution in [0.25, 0.3) is 0 Å². The van der Waals surface area contributed by atoms with E-state index in [1.54, 1.807) is 4.90 Å². The highest BCUT2D eigenvalue weighted by atomic mass is 31.2. The number of carbonyl (C=O) groups is 2. The molecule has 10 heteroatoms. The van der Waals surface area contributed by atoms with Crippen LogP contribution in [0.2, 0.25) is 0 Å². The first-order valence-corrected chi connectivity index (χ1v) is 24.0. The first kappa shape index (κ1) is 55.9. The first-order valence-electron chi connectivity index (χ1n) is 22.5. The van der Waals surface area contributed by atoms with E-state index in [2.05, 4.69) is 98.9 Å². The standard InChI is InChI=1S/C49H82NO8P/c1-5-7-9-11-13-15-17-19-21-23-24-26-27-29-31-33-35-37-39-41-48(51)55-45-47(46-57-59(53,54)56-44-43-50(3)4)58-49(52)42-40-38-36-34-32-30-28-25-22-20-18-16-14-12-10-8-6-2/h13-16,19-22,24,26,28-31,35,37,47H,5-12,17-18,23,25,27,32-34,36,38-46H2,1-4H3,(H,53,54)/b15-13-,16-14-,21-19-,22-20-,26-24-,30-28-,31-29-,37-35-. The van der Waals surface area contributed by atoms with Gasteiger partial charge < -0.3 is 19.3 Å². The van der Waals surface area contributed by atoms with Gasteiger partial charge in [0.2, 0.25) is 0 Å². The predicted octanol–water partition coefficient (Wildman–Crippen LogP) is 13.2. The van der Waals surface area contributed by atoms with Gasteiger partial charge in [-0.3, -0.25) is 18.6 Å². The Balaban J connectivity index is 4.46. The molecule has 2 unspecified atom stereocenters. The fourth-order valence-corrected chi connectivity index (χ4v) is 6.12. The van der Waals surface area contributed by atoms with Gasteiger partial charge in [-0.2, -0.15) is 0 Å². The minimum Gasteiger partial charge on any atom is -0.462 e. The van der Waals surface area contributed by atoms with Crippen molar-refractivity contribution in [2.24, 2.45) is 0 Å². The molecule has 0 aliphatic heterocycles. The summed E-state index contributed by atoms with van der Waals surface area (Å²) in [7, 11) is -0.768. The van der Waals surface area contributed by atoms with Crippen LogP contribution in [-0.4, -0.2) is 68.3 Å². The Hall–Kier alpha value is -3.07. The average molecular weight is 844 g/mol.